The third-order valence-corrected chi connectivity index (χ3v) is 5.20. The number of nitrogens with one attached hydrogen (secondary N) is 1. The van der Waals surface area contributed by atoms with Gasteiger partial charge in [0, 0.05) is 17.3 Å². The minimum atomic E-state index is -0.326. The summed E-state index contributed by atoms with van der Waals surface area (Å²) in [6.45, 7) is 0. The average Bonchev–Trinajstić information content (AvgIpc) is 2.99. The molecule has 0 saturated carbocycles. The largest absolute Gasteiger partial charge is 0.497 e. The van der Waals surface area contributed by atoms with Crippen molar-refractivity contribution in [1.82, 2.24) is 0 Å². The van der Waals surface area contributed by atoms with E-state index in [1.165, 1.54) is 4.90 Å². The first-order valence-electron chi connectivity index (χ1n) is 9.17. The zero-order chi connectivity index (χ0) is 19.7. The molecule has 142 valence electrons. The minimum absolute atomic E-state index is 0.190. The van der Waals surface area contributed by atoms with Crippen LogP contribution in [-0.2, 0) is 9.59 Å². The highest BCUT2D eigenvalue weighted by Gasteiger charge is 2.47. The van der Waals surface area contributed by atoms with Gasteiger partial charge in [0.15, 0.2) is 0 Å². The van der Waals surface area contributed by atoms with Gasteiger partial charge in [0.2, 0.25) is 11.8 Å². The van der Waals surface area contributed by atoms with Gasteiger partial charge >= 0.3 is 0 Å². The summed E-state index contributed by atoms with van der Waals surface area (Å²) in [5, 5.41) is 2.81. The van der Waals surface area contributed by atoms with Crippen LogP contribution in [-0.4, -0.2) is 24.8 Å². The number of hydrogen-bond donors (Lipinski definition) is 1. The molecule has 0 bridgehead atoms. The Labute approximate surface area is 162 Å². The fourth-order valence-corrected chi connectivity index (χ4v) is 3.75. The molecule has 6 nitrogen and oxygen atoms in total. The Morgan fingerprint density at radius 2 is 1.68 bits per heavy atom. The molecule has 0 unspecified atom stereocenters. The van der Waals surface area contributed by atoms with Crippen molar-refractivity contribution in [3.63, 3.8) is 0 Å². The monoisotopic (exact) mass is 376 g/mol. The molecule has 0 aromatic heterocycles. The molecule has 1 aliphatic heterocycles. The van der Waals surface area contributed by atoms with E-state index < -0.39 is 0 Å². The van der Waals surface area contributed by atoms with Crippen LogP contribution in [0.25, 0.3) is 0 Å². The van der Waals surface area contributed by atoms with Gasteiger partial charge in [-0.25, -0.2) is 0 Å². The van der Waals surface area contributed by atoms with Gasteiger partial charge in [0.25, 0.3) is 5.91 Å². The lowest BCUT2D eigenvalue weighted by atomic mass is 9.85. The number of rotatable bonds is 4. The van der Waals surface area contributed by atoms with E-state index in [-0.39, 0.29) is 29.6 Å². The van der Waals surface area contributed by atoms with Crippen molar-refractivity contribution in [3.05, 3.63) is 66.2 Å². The number of anilines is 2. The van der Waals surface area contributed by atoms with Gasteiger partial charge in [0.1, 0.15) is 5.75 Å². The van der Waals surface area contributed by atoms with Crippen LogP contribution in [0, 0.1) is 11.8 Å². The number of amides is 3. The third-order valence-electron chi connectivity index (χ3n) is 5.20. The second-order valence-electron chi connectivity index (χ2n) is 6.90. The second kappa shape index (κ2) is 7.31. The highest BCUT2D eigenvalue weighted by molar-refractivity contribution is 6.22. The van der Waals surface area contributed by atoms with Crippen molar-refractivity contribution >= 4 is 29.1 Å². The Balaban J connectivity index is 1.57. The number of fused-ring (bicyclic) bond motifs is 1. The number of methoxy groups -OCH3 is 1. The number of ether oxygens (including phenoxy) is 1. The van der Waals surface area contributed by atoms with Gasteiger partial charge in [0.05, 0.1) is 24.6 Å². The van der Waals surface area contributed by atoms with Crippen molar-refractivity contribution in [1.29, 1.82) is 0 Å². The SMILES string of the molecule is COc1cccc(NC(=O)c2cccc(N3C(=O)[C@@H]4CC=CC[C@H]4C3=O)c2)c1. The van der Waals surface area contributed by atoms with Crippen LogP contribution in [0.4, 0.5) is 11.4 Å². The molecule has 6 heteroatoms. The van der Waals surface area contributed by atoms with Gasteiger partial charge in [-0.3, -0.25) is 19.3 Å². The maximum atomic E-state index is 12.8. The molecule has 2 atom stereocenters. The van der Waals surface area contributed by atoms with Crippen LogP contribution in [0.1, 0.15) is 23.2 Å². The standard InChI is InChI=1S/C22H20N2O4/c1-28-17-9-5-7-15(13-17)23-20(25)14-6-4-8-16(12-14)24-21(26)18-10-2-3-11-19(18)22(24)27/h2-9,12-13,18-19H,10-11H2,1H3,(H,23,25)/t18-,19-/m1/s1. The van der Waals surface area contributed by atoms with E-state index in [4.69, 9.17) is 4.74 Å². The van der Waals surface area contributed by atoms with Gasteiger partial charge in [-0.1, -0.05) is 24.3 Å². The van der Waals surface area contributed by atoms with Crippen LogP contribution in [0.15, 0.2) is 60.7 Å². The Hall–Kier alpha value is -3.41. The number of carbonyl (C=O) groups excluding carboxylic acids is 3. The van der Waals surface area contributed by atoms with Crippen molar-refractivity contribution in [3.8, 4) is 5.75 Å². The first kappa shape index (κ1) is 18.0. The number of carbonyl (C=O) groups is 3. The van der Waals surface area contributed by atoms with Crippen molar-refractivity contribution in [2.24, 2.45) is 11.8 Å². The average molecular weight is 376 g/mol. The minimum Gasteiger partial charge on any atom is -0.497 e. The summed E-state index contributed by atoms with van der Waals surface area (Å²) < 4.78 is 5.16. The molecular weight excluding hydrogens is 356 g/mol. The van der Waals surface area contributed by atoms with E-state index in [1.54, 1.807) is 55.6 Å². The summed E-state index contributed by atoms with van der Waals surface area (Å²) in [7, 11) is 1.56. The van der Waals surface area contributed by atoms with E-state index in [0.29, 0.717) is 35.5 Å². The normalized spacial score (nSPS) is 20.8. The Bertz CT molecular complexity index is 956. The van der Waals surface area contributed by atoms with Crippen molar-refractivity contribution in [2.75, 3.05) is 17.3 Å². The summed E-state index contributed by atoms with van der Waals surface area (Å²) in [4.78, 5) is 39.4. The molecule has 1 aliphatic carbocycles. The summed E-state index contributed by atoms with van der Waals surface area (Å²) in [6.07, 6.45) is 5.07. The quantitative estimate of drug-likeness (QED) is 0.655. The predicted octanol–water partition coefficient (Wildman–Crippen LogP) is 3.40. The molecule has 0 radical (unpaired) electrons. The Morgan fingerprint density at radius 3 is 2.36 bits per heavy atom. The second-order valence-corrected chi connectivity index (χ2v) is 6.90. The maximum Gasteiger partial charge on any atom is 0.255 e. The lowest BCUT2D eigenvalue weighted by Gasteiger charge is -2.16. The molecular formula is C22H20N2O4. The number of allylic oxidation sites excluding steroid dienone is 2. The molecule has 0 spiro atoms. The fraction of sp³-hybridized carbons (Fsp3) is 0.227. The third kappa shape index (κ3) is 3.17. The Kier molecular flexibility index (Phi) is 4.69. The number of imide groups is 1. The maximum absolute atomic E-state index is 12.8. The summed E-state index contributed by atoms with van der Waals surface area (Å²) >= 11 is 0. The molecule has 1 saturated heterocycles. The molecule has 4 rings (SSSR count). The van der Waals surface area contributed by atoms with Crippen LogP contribution in [0.2, 0.25) is 0 Å². The molecule has 3 amide bonds. The summed E-state index contributed by atoms with van der Waals surface area (Å²) in [5.74, 6) is -0.669. The summed E-state index contributed by atoms with van der Waals surface area (Å²) in [5.41, 5.74) is 1.40. The first-order valence-corrected chi connectivity index (χ1v) is 9.17. The van der Waals surface area contributed by atoms with Gasteiger partial charge in [-0.05, 0) is 43.2 Å². The van der Waals surface area contributed by atoms with Gasteiger partial charge < -0.3 is 10.1 Å². The van der Waals surface area contributed by atoms with Gasteiger partial charge in [-0.2, -0.15) is 0 Å². The number of hydrogen-bond acceptors (Lipinski definition) is 4. The van der Waals surface area contributed by atoms with Crippen molar-refractivity contribution < 1.29 is 19.1 Å². The van der Waals surface area contributed by atoms with E-state index in [2.05, 4.69) is 5.32 Å². The lowest BCUT2D eigenvalue weighted by Crippen LogP contribution is -2.31. The van der Waals surface area contributed by atoms with Crippen LogP contribution >= 0.6 is 0 Å². The van der Waals surface area contributed by atoms with Crippen LogP contribution in [0.5, 0.6) is 5.75 Å². The first-order chi connectivity index (χ1) is 13.6. The number of benzene rings is 2. The zero-order valence-electron chi connectivity index (χ0n) is 15.4. The molecule has 2 aliphatic rings. The Morgan fingerprint density at radius 1 is 1.00 bits per heavy atom. The zero-order valence-corrected chi connectivity index (χ0v) is 15.4. The summed E-state index contributed by atoms with van der Waals surface area (Å²) in [6, 6.07) is 13.6. The van der Waals surface area contributed by atoms with Gasteiger partial charge in [-0.15, -0.1) is 0 Å². The topological polar surface area (TPSA) is 75.7 Å². The molecule has 1 N–H and O–H groups in total. The molecule has 28 heavy (non-hydrogen) atoms. The van der Waals surface area contributed by atoms with E-state index in [1.807, 2.05) is 12.2 Å². The van der Waals surface area contributed by atoms with E-state index >= 15 is 0 Å². The lowest BCUT2D eigenvalue weighted by molar-refractivity contribution is -0.122. The van der Waals surface area contributed by atoms with Crippen LogP contribution in [0.3, 0.4) is 0 Å². The smallest absolute Gasteiger partial charge is 0.255 e. The molecule has 2 aromatic carbocycles. The molecule has 2 aromatic rings. The van der Waals surface area contributed by atoms with E-state index in [9.17, 15) is 14.4 Å². The number of nitrogens with zero attached hydrogens (tertiary/aromatic N) is 1. The molecule has 1 fully saturated rings. The highest BCUT2D eigenvalue weighted by atomic mass is 16.5. The fourth-order valence-electron chi connectivity index (χ4n) is 3.75. The highest BCUT2D eigenvalue weighted by Crippen LogP contribution is 2.37. The van der Waals surface area contributed by atoms with Crippen LogP contribution < -0.4 is 15.0 Å². The predicted molar refractivity (Wildman–Crippen MR) is 105 cm³/mol. The molecule has 1 heterocycles. The van der Waals surface area contributed by atoms with E-state index in [0.717, 1.165) is 0 Å². The van der Waals surface area contributed by atoms with Crippen molar-refractivity contribution in [2.45, 2.75) is 12.8 Å².